The molecule has 1 fully saturated rings. The van der Waals surface area contributed by atoms with Crippen LogP contribution in [-0.2, 0) is 10.0 Å². The van der Waals surface area contributed by atoms with Gasteiger partial charge in [0.2, 0.25) is 10.0 Å². The Hall–Kier alpha value is -1.31. The molecule has 4 N–H and O–H groups in total. The van der Waals surface area contributed by atoms with Crippen molar-refractivity contribution >= 4 is 21.4 Å². The van der Waals surface area contributed by atoms with Gasteiger partial charge in [-0.15, -0.1) is 0 Å². The van der Waals surface area contributed by atoms with Crippen LogP contribution in [0.2, 0.25) is 0 Å². The van der Waals surface area contributed by atoms with E-state index in [4.69, 9.17) is 5.73 Å². The van der Waals surface area contributed by atoms with E-state index < -0.39 is 10.0 Å². The summed E-state index contributed by atoms with van der Waals surface area (Å²) in [7, 11) is -2.12. The predicted octanol–water partition coefficient (Wildman–Crippen LogP) is 0.528. The first-order valence-corrected chi connectivity index (χ1v) is 8.18. The highest BCUT2D eigenvalue weighted by atomic mass is 32.2. The lowest BCUT2D eigenvalue weighted by molar-refractivity contribution is 0.240. The first kappa shape index (κ1) is 15.1. The molecule has 0 aromatic heterocycles. The Balaban J connectivity index is 2.34. The minimum Gasteiger partial charge on any atom is -0.397 e. The second-order valence-electron chi connectivity index (χ2n) is 4.95. The highest BCUT2D eigenvalue weighted by Crippen LogP contribution is 2.31. The maximum Gasteiger partial charge on any atom is 0.240 e. The van der Waals surface area contributed by atoms with Crippen LogP contribution in [0.15, 0.2) is 23.1 Å². The fourth-order valence-corrected chi connectivity index (χ4v) is 3.35. The molecular weight excluding hydrogens is 278 g/mol. The van der Waals surface area contributed by atoms with Crippen LogP contribution in [0.4, 0.5) is 11.4 Å². The van der Waals surface area contributed by atoms with E-state index in [1.807, 2.05) is 0 Å². The van der Waals surface area contributed by atoms with Crippen LogP contribution in [0.3, 0.4) is 0 Å². The van der Waals surface area contributed by atoms with Crippen LogP contribution in [0, 0.1) is 0 Å². The van der Waals surface area contributed by atoms with Crippen molar-refractivity contribution in [3.63, 3.8) is 0 Å². The SMILES string of the molecule is CNS(=O)(=O)c1ccc(N2CCCCC2CO)c(N)c1. The first-order chi connectivity index (χ1) is 9.49. The summed E-state index contributed by atoms with van der Waals surface area (Å²) in [6.07, 6.45) is 3.06. The van der Waals surface area contributed by atoms with Crippen molar-refractivity contribution in [3.8, 4) is 0 Å². The molecule has 0 amide bonds. The average molecular weight is 299 g/mol. The summed E-state index contributed by atoms with van der Waals surface area (Å²) in [5, 5.41) is 9.45. The number of nitrogens with two attached hydrogens (primary N) is 1. The number of rotatable bonds is 4. The molecular formula is C13H21N3O3S. The molecule has 112 valence electrons. The minimum atomic E-state index is -3.49. The lowest BCUT2D eigenvalue weighted by atomic mass is 10.0. The lowest BCUT2D eigenvalue weighted by Gasteiger charge is -2.37. The second-order valence-corrected chi connectivity index (χ2v) is 6.84. The van der Waals surface area contributed by atoms with Crippen molar-refractivity contribution in [2.24, 2.45) is 0 Å². The zero-order valence-corrected chi connectivity index (χ0v) is 12.4. The summed E-state index contributed by atoms with van der Waals surface area (Å²) in [6, 6.07) is 4.77. The van der Waals surface area contributed by atoms with E-state index in [1.54, 1.807) is 12.1 Å². The number of nitrogens with zero attached hydrogens (tertiary/aromatic N) is 1. The predicted molar refractivity (Wildman–Crippen MR) is 79.2 cm³/mol. The van der Waals surface area contributed by atoms with Crippen LogP contribution >= 0.6 is 0 Å². The van der Waals surface area contributed by atoms with Crippen LogP contribution < -0.4 is 15.4 Å². The van der Waals surface area contributed by atoms with Gasteiger partial charge in [0.1, 0.15) is 0 Å². The third-order valence-electron chi connectivity index (χ3n) is 3.73. The smallest absolute Gasteiger partial charge is 0.240 e. The Labute approximate surface area is 119 Å². The lowest BCUT2D eigenvalue weighted by Crippen LogP contribution is -2.42. The maximum absolute atomic E-state index is 11.7. The summed E-state index contributed by atoms with van der Waals surface area (Å²) in [5.41, 5.74) is 7.21. The van der Waals surface area contributed by atoms with Gasteiger partial charge in [0.15, 0.2) is 0 Å². The second kappa shape index (κ2) is 5.99. The minimum absolute atomic E-state index is 0.0535. The molecule has 1 aliphatic rings. The molecule has 1 heterocycles. The summed E-state index contributed by atoms with van der Waals surface area (Å²) >= 11 is 0. The van der Waals surface area contributed by atoms with Gasteiger partial charge in [-0.1, -0.05) is 0 Å². The number of hydrogen-bond acceptors (Lipinski definition) is 5. The molecule has 0 spiro atoms. The Morgan fingerprint density at radius 1 is 1.45 bits per heavy atom. The van der Waals surface area contributed by atoms with Gasteiger partial charge in [-0.25, -0.2) is 13.1 Å². The number of anilines is 2. The largest absolute Gasteiger partial charge is 0.397 e. The molecule has 0 radical (unpaired) electrons. The van der Waals surface area contributed by atoms with Crippen LogP contribution in [0.25, 0.3) is 0 Å². The van der Waals surface area contributed by atoms with Crippen molar-refractivity contribution in [3.05, 3.63) is 18.2 Å². The van der Waals surface area contributed by atoms with Crippen LogP contribution in [0.1, 0.15) is 19.3 Å². The van der Waals surface area contributed by atoms with Gasteiger partial charge in [0, 0.05) is 6.54 Å². The number of sulfonamides is 1. The van der Waals surface area contributed by atoms with Crippen molar-refractivity contribution in [1.29, 1.82) is 0 Å². The fraction of sp³-hybridized carbons (Fsp3) is 0.538. The molecule has 1 aromatic carbocycles. The summed E-state index contributed by atoms with van der Waals surface area (Å²) < 4.78 is 25.7. The number of benzene rings is 1. The van der Waals surface area contributed by atoms with Crippen LogP contribution in [0.5, 0.6) is 0 Å². The molecule has 7 heteroatoms. The number of aliphatic hydroxyl groups is 1. The van der Waals surface area contributed by atoms with Gasteiger partial charge in [0.05, 0.1) is 28.9 Å². The van der Waals surface area contributed by atoms with Gasteiger partial charge in [-0.2, -0.15) is 0 Å². The molecule has 1 aliphatic heterocycles. The zero-order valence-electron chi connectivity index (χ0n) is 11.5. The van der Waals surface area contributed by atoms with E-state index >= 15 is 0 Å². The molecule has 1 unspecified atom stereocenters. The fourth-order valence-electron chi connectivity index (χ4n) is 2.59. The van der Waals surface area contributed by atoms with Crippen molar-refractivity contribution in [2.45, 2.75) is 30.2 Å². The third-order valence-corrected chi connectivity index (χ3v) is 5.14. The molecule has 0 aliphatic carbocycles. The van der Waals surface area contributed by atoms with Crippen molar-refractivity contribution in [1.82, 2.24) is 4.72 Å². The summed E-state index contributed by atoms with van der Waals surface area (Å²) in [5.74, 6) is 0. The quantitative estimate of drug-likeness (QED) is 0.705. The molecule has 20 heavy (non-hydrogen) atoms. The third kappa shape index (κ3) is 2.89. The zero-order chi connectivity index (χ0) is 14.8. The number of aliphatic hydroxyl groups excluding tert-OH is 1. The number of nitrogens with one attached hydrogen (secondary N) is 1. The summed E-state index contributed by atoms with van der Waals surface area (Å²) in [4.78, 5) is 2.22. The molecule has 1 aromatic rings. The topological polar surface area (TPSA) is 95.7 Å². The van der Waals surface area contributed by atoms with Gasteiger partial charge < -0.3 is 15.7 Å². The number of hydrogen-bond donors (Lipinski definition) is 3. The van der Waals surface area contributed by atoms with E-state index in [1.165, 1.54) is 13.1 Å². The Morgan fingerprint density at radius 2 is 2.20 bits per heavy atom. The van der Waals surface area contributed by atoms with E-state index in [0.717, 1.165) is 31.5 Å². The Kier molecular flexibility index (Phi) is 4.52. The van der Waals surface area contributed by atoms with E-state index in [0.29, 0.717) is 5.69 Å². The summed E-state index contributed by atoms with van der Waals surface area (Å²) in [6.45, 7) is 0.906. The van der Waals surface area contributed by atoms with Gasteiger partial charge >= 0.3 is 0 Å². The molecule has 2 rings (SSSR count). The van der Waals surface area contributed by atoms with Crippen molar-refractivity contribution < 1.29 is 13.5 Å². The molecule has 6 nitrogen and oxygen atoms in total. The normalized spacial score (nSPS) is 20.1. The monoisotopic (exact) mass is 299 g/mol. The molecule has 0 bridgehead atoms. The first-order valence-electron chi connectivity index (χ1n) is 6.70. The highest BCUT2D eigenvalue weighted by molar-refractivity contribution is 7.89. The maximum atomic E-state index is 11.7. The Bertz CT molecular complexity index is 574. The van der Waals surface area contributed by atoms with Gasteiger partial charge in [-0.05, 0) is 44.5 Å². The van der Waals surface area contributed by atoms with Gasteiger partial charge in [0.25, 0.3) is 0 Å². The molecule has 0 saturated carbocycles. The standard InChI is InChI=1S/C13H21N3O3S/c1-15-20(18,19)11-5-6-13(12(14)8-11)16-7-3-2-4-10(16)9-17/h5-6,8,10,15,17H,2-4,7,9,14H2,1H3. The molecule has 1 atom stereocenters. The van der Waals surface area contributed by atoms with Crippen LogP contribution in [-0.4, -0.2) is 39.8 Å². The molecule has 1 saturated heterocycles. The van der Waals surface area contributed by atoms with E-state index in [9.17, 15) is 13.5 Å². The van der Waals surface area contributed by atoms with Crippen molar-refractivity contribution in [2.75, 3.05) is 30.8 Å². The number of piperidine rings is 1. The van der Waals surface area contributed by atoms with Gasteiger partial charge in [-0.3, -0.25) is 0 Å². The Morgan fingerprint density at radius 3 is 2.80 bits per heavy atom. The average Bonchev–Trinajstić information content (AvgIpc) is 2.47. The number of nitrogen functional groups attached to an aromatic ring is 1. The van der Waals surface area contributed by atoms with E-state index in [2.05, 4.69) is 9.62 Å². The highest BCUT2D eigenvalue weighted by Gasteiger charge is 2.24. The van der Waals surface area contributed by atoms with E-state index in [-0.39, 0.29) is 17.5 Å².